The molecule has 0 radical (unpaired) electrons. The average Bonchev–Trinajstić information content (AvgIpc) is 2.81. The standard InChI is InChI=1S/C14H23NO2/c1-4-6-9-15(12(3)5-2)10-13-7-8-14(11-16)17-13/h7-8,11-12H,4-6,9-10H2,1-3H3. The van der Waals surface area contributed by atoms with E-state index in [4.69, 9.17) is 4.42 Å². The van der Waals surface area contributed by atoms with Crippen molar-refractivity contribution in [2.75, 3.05) is 6.54 Å². The first-order valence-corrected chi connectivity index (χ1v) is 6.49. The highest BCUT2D eigenvalue weighted by atomic mass is 16.3. The van der Waals surface area contributed by atoms with Crippen LogP contribution in [0.3, 0.4) is 0 Å². The van der Waals surface area contributed by atoms with E-state index in [2.05, 4.69) is 25.7 Å². The molecule has 0 aliphatic carbocycles. The van der Waals surface area contributed by atoms with Crippen molar-refractivity contribution in [3.8, 4) is 0 Å². The lowest BCUT2D eigenvalue weighted by Gasteiger charge is -2.27. The van der Waals surface area contributed by atoms with Gasteiger partial charge in [0.05, 0.1) is 6.54 Å². The molecule has 0 N–H and O–H groups in total. The molecule has 0 saturated carbocycles. The number of unbranched alkanes of at least 4 members (excludes halogenated alkanes) is 1. The minimum atomic E-state index is 0.416. The van der Waals surface area contributed by atoms with Crippen molar-refractivity contribution >= 4 is 6.29 Å². The topological polar surface area (TPSA) is 33.5 Å². The molecule has 1 aromatic heterocycles. The molecular formula is C14H23NO2. The molecule has 0 amide bonds. The Labute approximate surface area is 104 Å². The van der Waals surface area contributed by atoms with Gasteiger partial charge in [0.2, 0.25) is 0 Å². The molecule has 0 saturated heterocycles. The maximum Gasteiger partial charge on any atom is 0.185 e. The molecular weight excluding hydrogens is 214 g/mol. The van der Waals surface area contributed by atoms with Crippen LogP contribution in [-0.4, -0.2) is 23.8 Å². The molecule has 1 rings (SSSR count). The summed E-state index contributed by atoms with van der Waals surface area (Å²) in [5.41, 5.74) is 0. The van der Waals surface area contributed by atoms with Gasteiger partial charge in [0, 0.05) is 6.04 Å². The molecule has 0 aliphatic rings. The van der Waals surface area contributed by atoms with Crippen molar-refractivity contribution in [1.82, 2.24) is 4.90 Å². The van der Waals surface area contributed by atoms with Gasteiger partial charge < -0.3 is 4.42 Å². The van der Waals surface area contributed by atoms with Crippen molar-refractivity contribution in [2.45, 2.75) is 52.6 Å². The predicted molar refractivity (Wildman–Crippen MR) is 69.2 cm³/mol. The summed E-state index contributed by atoms with van der Waals surface area (Å²) >= 11 is 0. The van der Waals surface area contributed by atoms with Crippen molar-refractivity contribution in [3.63, 3.8) is 0 Å². The van der Waals surface area contributed by atoms with Gasteiger partial charge in [-0.05, 0) is 38.4 Å². The van der Waals surface area contributed by atoms with Crippen LogP contribution in [0.25, 0.3) is 0 Å². The van der Waals surface area contributed by atoms with E-state index in [-0.39, 0.29) is 0 Å². The second-order valence-corrected chi connectivity index (χ2v) is 4.50. The van der Waals surface area contributed by atoms with Gasteiger partial charge in [0.15, 0.2) is 12.0 Å². The van der Waals surface area contributed by atoms with E-state index < -0.39 is 0 Å². The third-order valence-corrected chi connectivity index (χ3v) is 3.17. The Kier molecular flexibility index (Phi) is 5.98. The van der Waals surface area contributed by atoms with Gasteiger partial charge in [-0.15, -0.1) is 0 Å². The van der Waals surface area contributed by atoms with E-state index in [1.807, 2.05) is 6.07 Å². The third kappa shape index (κ3) is 4.35. The fourth-order valence-corrected chi connectivity index (χ4v) is 1.82. The SMILES string of the molecule is CCCCN(Cc1ccc(C=O)o1)C(C)CC. The minimum absolute atomic E-state index is 0.416. The number of rotatable bonds is 8. The Hall–Kier alpha value is -1.09. The van der Waals surface area contributed by atoms with E-state index in [0.29, 0.717) is 11.8 Å². The molecule has 0 spiro atoms. The third-order valence-electron chi connectivity index (χ3n) is 3.17. The average molecular weight is 237 g/mol. The maximum absolute atomic E-state index is 10.6. The molecule has 1 aromatic rings. The van der Waals surface area contributed by atoms with E-state index >= 15 is 0 Å². The van der Waals surface area contributed by atoms with Crippen molar-refractivity contribution < 1.29 is 9.21 Å². The smallest absolute Gasteiger partial charge is 0.185 e. The number of hydrogen-bond donors (Lipinski definition) is 0. The van der Waals surface area contributed by atoms with Gasteiger partial charge in [0.1, 0.15) is 5.76 Å². The van der Waals surface area contributed by atoms with Gasteiger partial charge >= 0.3 is 0 Å². The first-order chi connectivity index (χ1) is 8.21. The first-order valence-electron chi connectivity index (χ1n) is 6.49. The van der Waals surface area contributed by atoms with Gasteiger partial charge in [-0.25, -0.2) is 0 Å². The van der Waals surface area contributed by atoms with Crippen molar-refractivity contribution in [2.24, 2.45) is 0 Å². The fourth-order valence-electron chi connectivity index (χ4n) is 1.82. The first kappa shape index (κ1) is 14.0. The summed E-state index contributed by atoms with van der Waals surface area (Å²) in [7, 11) is 0. The molecule has 0 aliphatic heterocycles. The number of carbonyl (C=O) groups is 1. The van der Waals surface area contributed by atoms with E-state index in [1.165, 1.54) is 12.8 Å². The lowest BCUT2D eigenvalue weighted by molar-refractivity contribution is 0.109. The highest BCUT2D eigenvalue weighted by Gasteiger charge is 2.14. The summed E-state index contributed by atoms with van der Waals surface area (Å²) in [6, 6.07) is 4.17. The largest absolute Gasteiger partial charge is 0.457 e. The lowest BCUT2D eigenvalue weighted by Crippen LogP contribution is -2.32. The minimum Gasteiger partial charge on any atom is -0.457 e. The number of carbonyl (C=O) groups excluding carboxylic acids is 1. The number of hydrogen-bond acceptors (Lipinski definition) is 3. The van der Waals surface area contributed by atoms with Crippen LogP contribution in [0.5, 0.6) is 0 Å². The van der Waals surface area contributed by atoms with Crippen LogP contribution < -0.4 is 0 Å². The van der Waals surface area contributed by atoms with Crippen LogP contribution >= 0.6 is 0 Å². The summed E-state index contributed by atoms with van der Waals surface area (Å²) in [5, 5.41) is 0. The Morgan fingerprint density at radius 2 is 2.18 bits per heavy atom. The van der Waals surface area contributed by atoms with Crippen LogP contribution in [0, 0.1) is 0 Å². The second kappa shape index (κ2) is 7.28. The summed E-state index contributed by atoms with van der Waals surface area (Å²) in [6.45, 7) is 8.51. The van der Waals surface area contributed by atoms with Crippen molar-refractivity contribution in [3.05, 3.63) is 23.7 Å². The highest BCUT2D eigenvalue weighted by Crippen LogP contribution is 2.14. The predicted octanol–water partition coefficient (Wildman–Crippen LogP) is 3.49. The Morgan fingerprint density at radius 3 is 2.71 bits per heavy atom. The van der Waals surface area contributed by atoms with Crippen molar-refractivity contribution in [1.29, 1.82) is 0 Å². The zero-order valence-corrected chi connectivity index (χ0v) is 11.1. The van der Waals surface area contributed by atoms with E-state index in [0.717, 1.165) is 31.6 Å². The molecule has 1 atom stereocenters. The van der Waals surface area contributed by atoms with E-state index in [9.17, 15) is 4.79 Å². The Bertz CT molecular complexity index is 333. The molecule has 0 bridgehead atoms. The summed E-state index contributed by atoms with van der Waals surface area (Å²) in [6.07, 6.45) is 4.28. The summed E-state index contributed by atoms with van der Waals surface area (Å²) in [5.74, 6) is 1.29. The molecule has 0 aromatic carbocycles. The molecule has 3 heteroatoms. The summed E-state index contributed by atoms with van der Waals surface area (Å²) < 4.78 is 5.43. The van der Waals surface area contributed by atoms with Crippen LogP contribution in [0.1, 0.15) is 56.3 Å². The second-order valence-electron chi connectivity index (χ2n) is 4.50. The normalized spacial score (nSPS) is 12.9. The van der Waals surface area contributed by atoms with Gasteiger partial charge in [-0.1, -0.05) is 20.3 Å². The van der Waals surface area contributed by atoms with Crippen LogP contribution in [0.4, 0.5) is 0 Å². The molecule has 1 heterocycles. The highest BCUT2D eigenvalue weighted by molar-refractivity contribution is 5.70. The Balaban J connectivity index is 2.60. The van der Waals surface area contributed by atoms with Crippen LogP contribution in [0.15, 0.2) is 16.5 Å². The number of aldehydes is 1. The van der Waals surface area contributed by atoms with Gasteiger partial charge in [-0.2, -0.15) is 0 Å². The lowest BCUT2D eigenvalue weighted by atomic mass is 10.2. The quantitative estimate of drug-likeness (QED) is 0.649. The van der Waals surface area contributed by atoms with Gasteiger partial charge in [0.25, 0.3) is 0 Å². The van der Waals surface area contributed by atoms with E-state index in [1.54, 1.807) is 6.07 Å². The molecule has 0 fully saturated rings. The molecule has 1 unspecified atom stereocenters. The Morgan fingerprint density at radius 1 is 1.41 bits per heavy atom. The fraction of sp³-hybridized carbons (Fsp3) is 0.643. The maximum atomic E-state index is 10.6. The zero-order chi connectivity index (χ0) is 12.7. The molecule has 17 heavy (non-hydrogen) atoms. The zero-order valence-electron chi connectivity index (χ0n) is 11.1. The number of nitrogens with zero attached hydrogens (tertiary/aromatic N) is 1. The summed E-state index contributed by atoms with van der Waals surface area (Å²) in [4.78, 5) is 13.0. The molecule has 96 valence electrons. The monoisotopic (exact) mass is 237 g/mol. The van der Waals surface area contributed by atoms with Gasteiger partial charge in [-0.3, -0.25) is 9.69 Å². The van der Waals surface area contributed by atoms with Crippen LogP contribution in [0.2, 0.25) is 0 Å². The number of furan rings is 1. The molecule has 3 nitrogen and oxygen atoms in total. The van der Waals surface area contributed by atoms with Crippen LogP contribution in [-0.2, 0) is 6.54 Å².